The number of hydrogen-bond donors (Lipinski definition) is 0. The third kappa shape index (κ3) is 3.24. The van der Waals surface area contributed by atoms with Gasteiger partial charge in [0, 0.05) is 11.8 Å². The van der Waals surface area contributed by atoms with E-state index in [4.69, 9.17) is 4.98 Å². The van der Waals surface area contributed by atoms with Gasteiger partial charge in [-0.15, -0.1) is 0 Å². The van der Waals surface area contributed by atoms with Gasteiger partial charge in [0.2, 0.25) is 0 Å². The Balaban J connectivity index is 2.03. The molecular weight excluding hydrogens is 266 g/mol. The van der Waals surface area contributed by atoms with Crippen LogP contribution < -0.4 is 0 Å². The minimum absolute atomic E-state index is 0.686. The molecule has 0 aliphatic heterocycles. The summed E-state index contributed by atoms with van der Waals surface area (Å²) >= 11 is 0. The molecular formula is C21H27N. The van der Waals surface area contributed by atoms with Crippen LogP contribution in [0, 0.1) is 12.8 Å². The van der Waals surface area contributed by atoms with Crippen molar-refractivity contribution in [3.63, 3.8) is 0 Å². The van der Waals surface area contributed by atoms with Crippen molar-refractivity contribution in [2.75, 3.05) is 0 Å². The van der Waals surface area contributed by atoms with Crippen LogP contribution in [0.1, 0.15) is 62.1 Å². The van der Waals surface area contributed by atoms with E-state index >= 15 is 0 Å². The van der Waals surface area contributed by atoms with E-state index in [-0.39, 0.29) is 0 Å². The second-order valence-corrected chi connectivity index (χ2v) is 7.16. The minimum atomic E-state index is 0.686. The highest BCUT2D eigenvalue weighted by molar-refractivity contribution is 5.64. The number of rotatable bonds is 4. The number of pyridine rings is 1. The van der Waals surface area contributed by atoms with Gasteiger partial charge in [0.05, 0.1) is 5.69 Å². The molecule has 0 spiro atoms. The highest BCUT2D eigenvalue weighted by atomic mass is 14.7. The van der Waals surface area contributed by atoms with Gasteiger partial charge in [0.1, 0.15) is 0 Å². The number of aryl methyl sites for hydroxylation is 1. The molecule has 2 aromatic rings. The summed E-state index contributed by atoms with van der Waals surface area (Å²) in [5, 5.41) is 0. The van der Waals surface area contributed by atoms with E-state index < -0.39 is 0 Å². The zero-order valence-electron chi connectivity index (χ0n) is 14.1. The highest BCUT2D eigenvalue weighted by Gasteiger charge is 2.21. The molecule has 1 nitrogen and oxygen atoms in total. The van der Waals surface area contributed by atoms with Gasteiger partial charge in [-0.05, 0) is 60.8 Å². The molecule has 1 aromatic carbocycles. The number of benzene rings is 1. The summed E-state index contributed by atoms with van der Waals surface area (Å²) in [6.45, 7) is 6.77. The maximum Gasteiger partial charge on any atom is 0.0707 e. The SMILES string of the molecule is Cc1ccccc1-c1cc(C2CCCC2)c(CC(C)C)cn1. The fourth-order valence-corrected chi connectivity index (χ4v) is 3.73. The topological polar surface area (TPSA) is 12.9 Å². The highest BCUT2D eigenvalue weighted by Crippen LogP contribution is 2.38. The molecule has 1 aliphatic rings. The lowest BCUT2D eigenvalue weighted by Crippen LogP contribution is -2.05. The van der Waals surface area contributed by atoms with Crippen LogP contribution in [0.2, 0.25) is 0 Å². The smallest absolute Gasteiger partial charge is 0.0707 e. The molecule has 0 unspecified atom stereocenters. The van der Waals surface area contributed by atoms with Crippen molar-refractivity contribution < 1.29 is 0 Å². The molecule has 0 bridgehead atoms. The van der Waals surface area contributed by atoms with E-state index in [0.717, 1.165) is 18.0 Å². The van der Waals surface area contributed by atoms with Gasteiger partial charge in [-0.2, -0.15) is 0 Å². The average molecular weight is 293 g/mol. The fourth-order valence-electron chi connectivity index (χ4n) is 3.73. The molecule has 1 aromatic heterocycles. The Morgan fingerprint density at radius 1 is 1.14 bits per heavy atom. The Kier molecular flexibility index (Phi) is 4.61. The van der Waals surface area contributed by atoms with Gasteiger partial charge in [-0.1, -0.05) is 51.0 Å². The molecule has 0 saturated heterocycles. The van der Waals surface area contributed by atoms with Gasteiger partial charge in [0.25, 0.3) is 0 Å². The predicted octanol–water partition coefficient (Wildman–Crippen LogP) is 5.91. The molecule has 3 rings (SSSR count). The summed E-state index contributed by atoms with van der Waals surface area (Å²) in [6, 6.07) is 11.0. The molecule has 116 valence electrons. The standard InChI is InChI=1S/C21H27N/c1-15(2)12-18-14-22-21(19-11-7-4-8-16(19)3)13-20(18)17-9-5-6-10-17/h4,7-8,11,13-15,17H,5-6,9-10,12H2,1-3H3. The summed E-state index contributed by atoms with van der Waals surface area (Å²) < 4.78 is 0. The van der Waals surface area contributed by atoms with Crippen molar-refractivity contribution >= 4 is 0 Å². The molecule has 22 heavy (non-hydrogen) atoms. The zero-order valence-corrected chi connectivity index (χ0v) is 14.1. The summed E-state index contributed by atoms with van der Waals surface area (Å²) in [7, 11) is 0. The van der Waals surface area contributed by atoms with Crippen molar-refractivity contribution in [2.24, 2.45) is 5.92 Å². The quantitative estimate of drug-likeness (QED) is 0.682. The maximum atomic E-state index is 4.79. The van der Waals surface area contributed by atoms with E-state index in [0.29, 0.717) is 5.92 Å². The monoisotopic (exact) mass is 293 g/mol. The molecule has 1 saturated carbocycles. The first-order valence-electron chi connectivity index (χ1n) is 8.70. The zero-order chi connectivity index (χ0) is 15.5. The minimum Gasteiger partial charge on any atom is -0.256 e. The van der Waals surface area contributed by atoms with Gasteiger partial charge in [-0.25, -0.2) is 0 Å². The predicted molar refractivity (Wildman–Crippen MR) is 94.2 cm³/mol. The Labute approximate surface area is 134 Å². The van der Waals surface area contributed by atoms with Crippen LogP contribution >= 0.6 is 0 Å². The van der Waals surface area contributed by atoms with Crippen LogP contribution in [0.5, 0.6) is 0 Å². The van der Waals surface area contributed by atoms with Gasteiger partial charge < -0.3 is 0 Å². The Bertz CT molecular complexity index is 636. The normalized spacial score (nSPS) is 15.6. The lowest BCUT2D eigenvalue weighted by atomic mass is 9.89. The fraction of sp³-hybridized carbons (Fsp3) is 0.476. The van der Waals surface area contributed by atoms with E-state index in [1.54, 1.807) is 5.56 Å². The maximum absolute atomic E-state index is 4.79. The molecule has 1 fully saturated rings. The first-order valence-corrected chi connectivity index (χ1v) is 8.70. The largest absolute Gasteiger partial charge is 0.256 e. The summed E-state index contributed by atoms with van der Waals surface area (Å²) in [4.78, 5) is 4.79. The summed E-state index contributed by atoms with van der Waals surface area (Å²) in [5.41, 5.74) is 6.77. The lowest BCUT2D eigenvalue weighted by Gasteiger charge is -2.18. The van der Waals surface area contributed by atoms with Crippen molar-refractivity contribution in [1.29, 1.82) is 0 Å². The van der Waals surface area contributed by atoms with E-state index in [1.165, 1.54) is 42.4 Å². The second-order valence-electron chi connectivity index (χ2n) is 7.16. The van der Waals surface area contributed by atoms with Crippen LogP contribution in [0.15, 0.2) is 36.5 Å². The van der Waals surface area contributed by atoms with Crippen molar-refractivity contribution in [2.45, 2.75) is 58.8 Å². The third-order valence-electron chi connectivity index (χ3n) is 4.87. The molecule has 1 heteroatoms. The molecule has 0 atom stereocenters. The molecule has 0 radical (unpaired) electrons. The van der Waals surface area contributed by atoms with E-state index in [2.05, 4.69) is 57.3 Å². The average Bonchev–Trinajstić information content (AvgIpc) is 3.02. The summed E-state index contributed by atoms with van der Waals surface area (Å²) in [6.07, 6.45) is 8.76. The molecule has 0 N–H and O–H groups in total. The van der Waals surface area contributed by atoms with Crippen molar-refractivity contribution in [1.82, 2.24) is 4.98 Å². The molecule has 1 heterocycles. The van der Waals surface area contributed by atoms with Crippen LogP contribution in [-0.2, 0) is 6.42 Å². The van der Waals surface area contributed by atoms with Crippen molar-refractivity contribution in [3.05, 3.63) is 53.2 Å². The van der Waals surface area contributed by atoms with Crippen LogP contribution in [0.3, 0.4) is 0 Å². The van der Waals surface area contributed by atoms with Crippen LogP contribution in [-0.4, -0.2) is 4.98 Å². The Hall–Kier alpha value is -1.63. The first kappa shape index (κ1) is 15.3. The van der Waals surface area contributed by atoms with Crippen molar-refractivity contribution in [3.8, 4) is 11.3 Å². The Morgan fingerprint density at radius 3 is 2.55 bits per heavy atom. The molecule has 0 amide bonds. The van der Waals surface area contributed by atoms with Crippen LogP contribution in [0.25, 0.3) is 11.3 Å². The summed E-state index contributed by atoms with van der Waals surface area (Å²) in [5.74, 6) is 1.44. The second kappa shape index (κ2) is 6.64. The lowest BCUT2D eigenvalue weighted by molar-refractivity contribution is 0.626. The first-order chi connectivity index (χ1) is 10.6. The van der Waals surface area contributed by atoms with E-state index in [1.807, 2.05) is 0 Å². The van der Waals surface area contributed by atoms with Gasteiger partial charge >= 0.3 is 0 Å². The molecule has 1 aliphatic carbocycles. The van der Waals surface area contributed by atoms with Gasteiger partial charge in [0.15, 0.2) is 0 Å². The van der Waals surface area contributed by atoms with Gasteiger partial charge in [-0.3, -0.25) is 4.98 Å². The van der Waals surface area contributed by atoms with E-state index in [9.17, 15) is 0 Å². The third-order valence-corrected chi connectivity index (χ3v) is 4.87. The van der Waals surface area contributed by atoms with Crippen LogP contribution in [0.4, 0.5) is 0 Å². The number of hydrogen-bond acceptors (Lipinski definition) is 1. The Morgan fingerprint density at radius 2 is 1.86 bits per heavy atom. The number of nitrogens with zero attached hydrogens (tertiary/aromatic N) is 1. The number of aromatic nitrogens is 1.